The molecular weight excluding hydrogens is 192 g/mol. The third kappa shape index (κ3) is 0.686. The highest BCUT2D eigenvalue weighted by atomic mass is 16.6. The first-order valence-electron chi connectivity index (χ1n) is 5.99. The van der Waals surface area contributed by atoms with E-state index in [9.17, 15) is 4.79 Å². The van der Waals surface area contributed by atoms with Gasteiger partial charge in [0.1, 0.15) is 11.7 Å². The molecule has 4 rings (SSSR count). The second kappa shape index (κ2) is 2.16. The van der Waals surface area contributed by atoms with Crippen molar-refractivity contribution in [3.8, 4) is 0 Å². The molecule has 0 radical (unpaired) electrons. The number of epoxide rings is 1. The summed E-state index contributed by atoms with van der Waals surface area (Å²) in [4.78, 5) is 12.3. The van der Waals surface area contributed by atoms with Crippen molar-refractivity contribution in [3.05, 3.63) is 0 Å². The van der Waals surface area contributed by atoms with Gasteiger partial charge in [0, 0.05) is 5.92 Å². The summed E-state index contributed by atoms with van der Waals surface area (Å²) in [6, 6.07) is 0. The average Bonchev–Trinajstić information content (AvgIpc) is 2.58. The summed E-state index contributed by atoms with van der Waals surface area (Å²) in [6.45, 7) is 4.31. The first-order chi connectivity index (χ1) is 7.09. The number of ether oxygens (including phenoxy) is 2. The molecule has 2 bridgehead atoms. The monoisotopic (exact) mass is 208 g/mol. The maximum Gasteiger partial charge on any atom is 0.196 e. The van der Waals surface area contributed by atoms with Gasteiger partial charge in [-0.25, -0.2) is 0 Å². The quantitative estimate of drug-likeness (QED) is 0.563. The number of rotatable bonds is 0. The van der Waals surface area contributed by atoms with Gasteiger partial charge in [-0.1, -0.05) is 6.92 Å². The summed E-state index contributed by atoms with van der Waals surface area (Å²) in [5, 5.41) is 0. The fraction of sp³-hybridized carbons (Fsp3) is 0.917. The summed E-state index contributed by atoms with van der Waals surface area (Å²) in [6.07, 6.45) is 3.20. The molecular formula is C12H16O3. The Morgan fingerprint density at radius 1 is 1.40 bits per heavy atom. The molecule has 0 aromatic carbocycles. The third-order valence-electron chi connectivity index (χ3n) is 5.30. The molecule has 3 saturated heterocycles. The van der Waals surface area contributed by atoms with Gasteiger partial charge in [-0.3, -0.25) is 4.79 Å². The van der Waals surface area contributed by atoms with Crippen LogP contribution in [0.4, 0.5) is 0 Å². The predicted molar refractivity (Wildman–Crippen MR) is 52.4 cm³/mol. The molecule has 6 atom stereocenters. The molecule has 3 heteroatoms. The van der Waals surface area contributed by atoms with Crippen molar-refractivity contribution >= 4 is 5.78 Å². The smallest absolute Gasteiger partial charge is 0.196 e. The molecule has 0 aromatic heterocycles. The molecule has 4 fully saturated rings. The van der Waals surface area contributed by atoms with E-state index in [1.54, 1.807) is 0 Å². The van der Waals surface area contributed by atoms with Gasteiger partial charge in [0.2, 0.25) is 0 Å². The van der Waals surface area contributed by atoms with E-state index >= 15 is 0 Å². The number of carbonyl (C=O) groups is 1. The van der Waals surface area contributed by atoms with Crippen molar-refractivity contribution in [3.63, 3.8) is 0 Å². The van der Waals surface area contributed by atoms with Crippen molar-refractivity contribution in [1.29, 1.82) is 0 Å². The number of hydrogen-bond donors (Lipinski definition) is 0. The van der Waals surface area contributed by atoms with Crippen LogP contribution < -0.4 is 0 Å². The van der Waals surface area contributed by atoms with Crippen LogP contribution in [-0.4, -0.2) is 29.2 Å². The van der Waals surface area contributed by atoms with Gasteiger partial charge in [0.15, 0.2) is 11.4 Å². The standard InChI is InChI=1S/C12H16O3/c1-6-5-7-8-3-4-9(14-8)10(13)12(7)11(6,2)15-12/h6-9H,3-5H2,1-2H3. The summed E-state index contributed by atoms with van der Waals surface area (Å²) < 4.78 is 11.7. The number of carbonyl (C=O) groups excluding carboxylic acids is 1. The second-order valence-corrected chi connectivity index (χ2v) is 5.79. The number of fused-ring (bicyclic) bond motifs is 3. The molecule has 0 aromatic rings. The molecule has 0 amide bonds. The van der Waals surface area contributed by atoms with Gasteiger partial charge in [0.05, 0.1) is 6.10 Å². The van der Waals surface area contributed by atoms with E-state index in [4.69, 9.17) is 9.47 Å². The highest BCUT2D eigenvalue weighted by Gasteiger charge is 2.84. The lowest BCUT2D eigenvalue weighted by Crippen LogP contribution is -2.49. The van der Waals surface area contributed by atoms with Crippen LogP contribution in [0.3, 0.4) is 0 Å². The van der Waals surface area contributed by atoms with Crippen LogP contribution in [0.1, 0.15) is 33.1 Å². The summed E-state index contributed by atoms with van der Waals surface area (Å²) in [7, 11) is 0. The number of Topliss-reactive ketones (excluding diaryl/α,β-unsaturated/α-hetero) is 1. The van der Waals surface area contributed by atoms with E-state index in [0.717, 1.165) is 19.3 Å². The lowest BCUT2D eigenvalue weighted by Gasteiger charge is -2.31. The van der Waals surface area contributed by atoms with E-state index in [0.29, 0.717) is 17.9 Å². The topological polar surface area (TPSA) is 38.8 Å². The summed E-state index contributed by atoms with van der Waals surface area (Å²) >= 11 is 0. The van der Waals surface area contributed by atoms with Crippen LogP contribution in [-0.2, 0) is 14.3 Å². The molecule has 4 aliphatic rings. The normalized spacial score (nSPS) is 65.3. The van der Waals surface area contributed by atoms with Gasteiger partial charge >= 0.3 is 0 Å². The highest BCUT2D eigenvalue weighted by Crippen LogP contribution is 2.69. The van der Waals surface area contributed by atoms with E-state index in [1.807, 2.05) is 0 Å². The summed E-state index contributed by atoms with van der Waals surface area (Å²) in [5.74, 6) is 1.08. The van der Waals surface area contributed by atoms with Gasteiger partial charge in [-0.2, -0.15) is 0 Å². The number of ketones is 1. The van der Waals surface area contributed by atoms with Gasteiger partial charge in [-0.15, -0.1) is 0 Å². The van der Waals surface area contributed by atoms with Gasteiger partial charge in [0.25, 0.3) is 0 Å². The Kier molecular flexibility index (Phi) is 1.25. The molecule has 3 nitrogen and oxygen atoms in total. The van der Waals surface area contributed by atoms with Crippen molar-refractivity contribution < 1.29 is 14.3 Å². The first-order valence-corrected chi connectivity index (χ1v) is 5.99. The van der Waals surface area contributed by atoms with E-state index in [-0.39, 0.29) is 17.5 Å². The maximum atomic E-state index is 12.3. The van der Waals surface area contributed by atoms with Crippen LogP contribution in [0.25, 0.3) is 0 Å². The van der Waals surface area contributed by atoms with Crippen LogP contribution >= 0.6 is 0 Å². The Labute approximate surface area is 89.1 Å². The van der Waals surface area contributed by atoms with Crippen molar-refractivity contribution in [1.82, 2.24) is 0 Å². The van der Waals surface area contributed by atoms with Crippen LogP contribution in [0.15, 0.2) is 0 Å². The van der Waals surface area contributed by atoms with E-state index < -0.39 is 5.60 Å². The Hall–Kier alpha value is -0.410. The van der Waals surface area contributed by atoms with Crippen LogP contribution in [0.2, 0.25) is 0 Å². The minimum atomic E-state index is -0.434. The Morgan fingerprint density at radius 2 is 2.20 bits per heavy atom. The highest BCUT2D eigenvalue weighted by molar-refractivity contribution is 5.97. The fourth-order valence-electron chi connectivity index (χ4n) is 4.27. The van der Waals surface area contributed by atoms with Crippen LogP contribution in [0, 0.1) is 11.8 Å². The van der Waals surface area contributed by atoms with Crippen LogP contribution in [0.5, 0.6) is 0 Å². The molecule has 82 valence electrons. The van der Waals surface area contributed by atoms with E-state index in [1.165, 1.54) is 0 Å². The zero-order valence-corrected chi connectivity index (χ0v) is 9.16. The first kappa shape index (κ1) is 8.71. The molecule has 3 aliphatic heterocycles. The average molecular weight is 208 g/mol. The Balaban J connectivity index is 1.85. The van der Waals surface area contributed by atoms with Crippen molar-refractivity contribution in [2.75, 3.05) is 0 Å². The van der Waals surface area contributed by atoms with Crippen molar-refractivity contribution in [2.24, 2.45) is 11.8 Å². The maximum absolute atomic E-state index is 12.3. The third-order valence-corrected chi connectivity index (χ3v) is 5.30. The number of hydrogen-bond acceptors (Lipinski definition) is 3. The lowest BCUT2D eigenvalue weighted by molar-refractivity contribution is -0.151. The molecule has 1 spiro atoms. The molecule has 1 aliphatic carbocycles. The minimum Gasteiger partial charge on any atom is -0.367 e. The SMILES string of the molecule is CC1CC2C3CCC(O3)C(=O)C23OC13C. The van der Waals surface area contributed by atoms with Gasteiger partial charge < -0.3 is 9.47 Å². The minimum absolute atomic E-state index is 0.154. The zero-order chi connectivity index (χ0) is 10.4. The molecule has 0 N–H and O–H groups in total. The zero-order valence-electron chi connectivity index (χ0n) is 9.16. The second-order valence-electron chi connectivity index (χ2n) is 5.79. The van der Waals surface area contributed by atoms with Crippen molar-refractivity contribution in [2.45, 2.75) is 56.5 Å². The van der Waals surface area contributed by atoms with E-state index in [2.05, 4.69) is 13.8 Å². The molecule has 6 unspecified atom stereocenters. The lowest BCUT2D eigenvalue weighted by atomic mass is 9.81. The predicted octanol–water partition coefficient (Wildman–Crippen LogP) is 1.30. The largest absolute Gasteiger partial charge is 0.367 e. The summed E-state index contributed by atoms with van der Waals surface area (Å²) in [5.41, 5.74) is -0.601. The molecule has 1 saturated carbocycles. The Morgan fingerprint density at radius 3 is 2.93 bits per heavy atom. The Bertz CT molecular complexity index is 366. The molecule has 3 heterocycles. The molecule has 15 heavy (non-hydrogen) atoms. The fourth-order valence-corrected chi connectivity index (χ4v) is 4.27. The van der Waals surface area contributed by atoms with Gasteiger partial charge in [-0.05, 0) is 32.1 Å².